The number of fused-ring (bicyclic) bond motifs is 1. The number of ether oxygens (including phenoxy) is 1. The zero-order chi connectivity index (χ0) is 38.5. The minimum atomic E-state index is -4.92. The summed E-state index contributed by atoms with van der Waals surface area (Å²) >= 11 is 0. The Morgan fingerprint density at radius 2 is 1.77 bits per heavy atom. The molecule has 0 unspecified atom stereocenters. The van der Waals surface area contributed by atoms with Crippen molar-refractivity contribution < 1.29 is 50.2 Å². The third-order valence-corrected chi connectivity index (χ3v) is 8.74. The molecular formula is C33H26B3F7N4O5. The van der Waals surface area contributed by atoms with Crippen LogP contribution in [0.2, 0.25) is 0 Å². The normalized spacial score (nSPS) is 16.2. The molecule has 2 atom stereocenters. The molecular weight excluding hydrogens is 698 g/mol. The number of morpholine rings is 1. The minimum absolute atomic E-state index is 0.0481. The van der Waals surface area contributed by atoms with E-state index in [1.165, 1.54) is 44.4 Å². The van der Waals surface area contributed by atoms with E-state index >= 15 is 4.39 Å². The maximum absolute atomic E-state index is 15.7. The molecule has 2 aromatic heterocycles. The zero-order valence-corrected chi connectivity index (χ0v) is 27.4. The SMILES string of the molecule is [B]C([B])([B])c1cc(N2CCOC[C@@H]2C(F)(F)F)cc(F)c1C(=O)N[C@@H](Cc1ccc(-c2c(C(F)(F)F)cc(C)n(C)c2=O)c2ncccc12)C(=O)O. The lowest BCUT2D eigenvalue weighted by Crippen LogP contribution is -2.53. The lowest BCUT2D eigenvalue weighted by atomic mass is 9.39. The number of anilines is 1. The highest BCUT2D eigenvalue weighted by Gasteiger charge is 2.46. The zero-order valence-electron chi connectivity index (χ0n) is 27.4. The van der Waals surface area contributed by atoms with Gasteiger partial charge in [-0.25, -0.2) is 9.18 Å². The van der Waals surface area contributed by atoms with Crippen LogP contribution in [0.1, 0.15) is 32.7 Å². The van der Waals surface area contributed by atoms with Crippen LogP contribution in [0.25, 0.3) is 22.0 Å². The number of pyridine rings is 2. The molecule has 6 radical (unpaired) electrons. The number of hydrogen-bond donors (Lipinski definition) is 2. The minimum Gasteiger partial charge on any atom is -0.480 e. The summed E-state index contributed by atoms with van der Waals surface area (Å²) in [6, 6.07) is 3.64. The lowest BCUT2D eigenvalue weighted by Gasteiger charge is -2.39. The molecule has 0 aliphatic carbocycles. The number of carboxylic acid groups (broad SMARTS) is 1. The van der Waals surface area contributed by atoms with E-state index < -0.39 is 88.1 Å². The smallest absolute Gasteiger partial charge is 0.417 e. The summed E-state index contributed by atoms with van der Waals surface area (Å²) in [5, 5.41) is 9.87. The van der Waals surface area contributed by atoms with Crippen LogP contribution in [0.15, 0.2) is 53.5 Å². The summed E-state index contributed by atoms with van der Waals surface area (Å²) in [6.07, 6.45) is -8.98. The molecule has 0 spiro atoms. The lowest BCUT2D eigenvalue weighted by molar-refractivity contribution is -0.167. The average Bonchev–Trinajstić information content (AvgIpc) is 3.05. The first-order valence-electron chi connectivity index (χ1n) is 15.4. The van der Waals surface area contributed by atoms with Gasteiger partial charge in [0.05, 0.1) is 59.0 Å². The number of carbonyl (C=O) groups excluding carboxylic acids is 1. The Morgan fingerprint density at radius 1 is 1.08 bits per heavy atom. The fraction of sp³-hybridized carbons (Fsp3) is 0.333. The number of amides is 1. The molecule has 266 valence electrons. The maximum Gasteiger partial charge on any atom is 0.417 e. The van der Waals surface area contributed by atoms with Crippen LogP contribution in [-0.4, -0.2) is 88.1 Å². The number of alkyl halides is 6. The molecule has 52 heavy (non-hydrogen) atoms. The summed E-state index contributed by atoms with van der Waals surface area (Å²) in [4.78, 5) is 44.1. The summed E-state index contributed by atoms with van der Waals surface area (Å²) < 4.78 is 105. The molecule has 19 heteroatoms. The number of carbonyl (C=O) groups is 2. The number of benzene rings is 2. The van der Waals surface area contributed by atoms with Crippen LogP contribution in [0.4, 0.5) is 36.4 Å². The van der Waals surface area contributed by atoms with E-state index in [1.807, 2.05) is 0 Å². The van der Waals surface area contributed by atoms with Crippen molar-refractivity contribution in [3.05, 3.63) is 92.8 Å². The molecule has 1 aliphatic rings. The Bertz CT molecular complexity index is 2120. The third-order valence-electron chi connectivity index (χ3n) is 8.74. The highest BCUT2D eigenvalue weighted by atomic mass is 19.4. The Balaban J connectivity index is 1.54. The number of nitrogens with zero attached hydrogens (tertiary/aromatic N) is 3. The van der Waals surface area contributed by atoms with Crippen molar-refractivity contribution in [1.29, 1.82) is 0 Å². The number of rotatable bonds is 8. The van der Waals surface area contributed by atoms with Crippen LogP contribution >= 0.6 is 0 Å². The number of nitrogens with one attached hydrogen (secondary N) is 1. The Labute approximate surface area is 295 Å². The highest BCUT2D eigenvalue weighted by molar-refractivity contribution is 6.59. The van der Waals surface area contributed by atoms with Gasteiger partial charge in [0.2, 0.25) is 0 Å². The fourth-order valence-electron chi connectivity index (χ4n) is 6.08. The van der Waals surface area contributed by atoms with E-state index in [0.29, 0.717) is 6.07 Å². The average molecular weight is 724 g/mol. The topological polar surface area (TPSA) is 114 Å². The first-order chi connectivity index (χ1) is 24.1. The first kappa shape index (κ1) is 38.4. The molecule has 3 heterocycles. The molecule has 2 aromatic carbocycles. The number of aromatic nitrogens is 2. The Kier molecular flexibility index (Phi) is 10.3. The van der Waals surface area contributed by atoms with Gasteiger partial charge in [-0.05, 0) is 42.3 Å². The van der Waals surface area contributed by atoms with Gasteiger partial charge in [0.1, 0.15) is 17.9 Å². The third kappa shape index (κ3) is 7.54. The number of hydrogen-bond acceptors (Lipinski definition) is 6. The summed E-state index contributed by atoms with van der Waals surface area (Å²) in [5.41, 5.74) is -4.85. The number of aliphatic carboxylic acids is 1. The van der Waals surface area contributed by atoms with Crippen LogP contribution < -0.4 is 15.8 Å². The molecule has 0 saturated carbocycles. The van der Waals surface area contributed by atoms with Gasteiger partial charge in [-0.3, -0.25) is 14.6 Å². The summed E-state index contributed by atoms with van der Waals surface area (Å²) in [6.45, 7) is 0.116. The van der Waals surface area contributed by atoms with Crippen molar-refractivity contribution in [1.82, 2.24) is 14.9 Å². The van der Waals surface area contributed by atoms with Crippen LogP contribution in [0.3, 0.4) is 0 Å². The monoisotopic (exact) mass is 724 g/mol. The van der Waals surface area contributed by atoms with Crippen molar-refractivity contribution in [3.8, 4) is 11.1 Å². The van der Waals surface area contributed by atoms with Crippen molar-refractivity contribution in [3.63, 3.8) is 0 Å². The highest BCUT2D eigenvalue weighted by Crippen LogP contribution is 2.39. The van der Waals surface area contributed by atoms with Crippen molar-refractivity contribution in [2.45, 2.75) is 42.9 Å². The van der Waals surface area contributed by atoms with Crippen LogP contribution in [0.5, 0.6) is 0 Å². The molecule has 1 aliphatic heterocycles. The van der Waals surface area contributed by atoms with E-state index in [0.717, 1.165) is 21.6 Å². The van der Waals surface area contributed by atoms with E-state index in [1.54, 1.807) is 0 Å². The predicted octanol–water partition coefficient (Wildman–Crippen LogP) is 3.88. The van der Waals surface area contributed by atoms with E-state index in [-0.39, 0.29) is 46.6 Å². The van der Waals surface area contributed by atoms with E-state index in [4.69, 9.17) is 28.3 Å². The van der Waals surface area contributed by atoms with Gasteiger partial charge in [-0.15, -0.1) is 5.11 Å². The van der Waals surface area contributed by atoms with Crippen molar-refractivity contribution in [2.75, 3.05) is 24.7 Å². The molecule has 4 aromatic rings. The quantitative estimate of drug-likeness (QED) is 0.210. The van der Waals surface area contributed by atoms with Crippen LogP contribution in [0, 0.1) is 12.7 Å². The maximum atomic E-state index is 15.7. The second-order valence-corrected chi connectivity index (χ2v) is 12.3. The molecule has 1 saturated heterocycles. The molecule has 2 N–H and O–H groups in total. The van der Waals surface area contributed by atoms with Gasteiger partial charge in [0, 0.05) is 48.5 Å². The Morgan fingerprint density at radius 3 is 2.38 bits per heavy atom. The van der Waals surface area contributed by atoms with Gasteiger partial charge in [0.25, 0.3) is 11.5 Å². The largest absolute Gasteiger partial charge is 0.480 e. The second-order valence-electron chi connectivity index (χ2n) is 12.3. The Hall–Kier alpha value is -4.80. The molecule has 0 bridgehead atoms. The second kappa shape index (κ2) is 14.0. The fourth-order valence-corrected chi connectivity index (χ4v) is 6.08. The predicted molar refractivity (Wildman–Crippen MR) is 178 cm³/mol. The molecule has 9 nitrogen and oxygen atoms in total. The summed E-state index contributed by atoms with van der Waals surface area (Å²) in [5.74, 6) is -4.42. The number of carboxylic acids is 1. The first-order valence-corrected chi connectivity index (χ1v) is 15.4. The van der Waals surface area contributed by atoms with E-state index in [2.05, 4.69) is 10.3 Å². The van der Waals surface area contributed by atoms with Gasteiger partial charge >= 0.3 is 18.3 Å². The van der Waals surface area contributed by atoms with Crippen LogP contribution in [-0.2, 0) is 34.3 Å². The van der Waals surface area contributed by atoms with Gasteiger partial charge in [-0.1, -0.05) is 18.2 Å². The number of aryl methyl sites for hydroxylation is 1. The van der Waals surface area contributed by atoms with E-state index in [9.17, 15) is 45.8 Å². The molecule has 1 amide bonds. The van der Waals surface area contributed by atoms with Crippen molar-refractivity contribution >= 4 is 52.0 Å². The standard InChI is InChI=1S/C33H26B3F7N4O5/c1-15-10-21(32(38,39)40)25(29(49)46(15)2)19-6-5-16(18-4-3-7-44-27(18)19)11-23(30(50)51)45-28(48)26-20(31(34,35)36)12-17(13-22(26)37)47-8-9-52-14-24(47)33(41,42)43/h3-7,10,12-13,23-24H,8-9,11,14H2,1-2H3,(H,45,48)(H,50,51)/t23-,24+/m0/s1. The van der Waals surface area contributed by atoms with Gasteiger partial charge in [-0.2, -0.15) is 26.3 Å². The van der Waals surface area contributed by atoms with Crippen molar-refractivity contribution in [2.24, 2.45) is 7.05 Å². The van der Waals surface area contributed by atoms with Gasteiger partial charge in [0.15, 0.2) is 0 Å². The number of halogens is 7. The molecule has 1 fully saturated rings. The summed E-state index contributed by atoms with van der Waals surface area (Å²) in [7, 11) is 18.7. The molecule has 5 rings (SSSR count). The van der Waals surface area contributed by atoms with Gasteiger partial charge < -0.3 is 24.6 Å².